The van der Waals surface area contributed by atoms with Gasteiger partial charge in [0.05, 0.1) is 15.1 Å². The van der Waals surface area contributed by atoms with Gasteiger partial charge in [-0.2, -0.15) is 0 Å². The van der Waals surface area contributed by atoms with Crippen LogP contribution in [-0.2, 0) is 9.84 Å². The number of fused-ring (bicyclic) bond motifs is 1. The fraction of sp³-hybridized carbons (Fsp3) is 0.0667. The molecule has 2 aromatic carbocycles. The molecule has 6 nitrogen and oxygen atoms in total. The van der Waals surface area contributed by atoms with Crippen molar-refractivity contribution in [3.8, 4) is 0 Å². The van der Waals surface area contributed by atoms with Crippen LogP contribution in [0.1, 0.15) is 10.4 Å². The van der Waals surface area contributed by atoms with Gasteiger partial charge >= 0.3 is 0 Å². The molecule has 3 rings (SSSR count). The standard InChI is InChI=1S/C15H12BrN3O3S2/c1-24(21,22)10-5-2-4-9(8-10)14(20)18-19-15-17-13-11(16)6-3-7-12(13)23-15/h2-8H,1H3,(H,17,19)(H,18,20). The summed E-state index contributed by atoms with van der Waals surface area (Å²) >= 11 is 4.82. The Labute approximate surface area is 150 Å². The highest BCUT2D eigenvalue weighted by Crippen LogP contribution is 2.30. The van der Waals surface area contributed by atoms with Crippen LogP contribution in [0.3, 0.4) is 0 Å². The molecule has 0 radical (unpaired) electrons. The number of hydrogen-bond acceptors (Lipinski definition) is 6. The summed E-state index contributed by atoms with van der Waals surface area (Å²) in [5.74, 6) is -0.446. The predicted octanol–water partition coefficient (Wildman–Crippen LogP) is 3.22. The molecule has 0 aliphatic heterocycles. The maximum absolute atomic E-state index is 12.2. The van der Waals surface area contributed by atoms with E-state index in [2.05, 4.69) is 31.8 Å². The van der Waals surface area contributed by atoms with E-state index in [9.17, 15) is 13.2 Å². The van der Waals surface area contributed by atoms with Gasteiger partial charge in [-0.25, -0.2) is 13.4 Å². The van der Waals surface area contributed by atoms with Gasteiger partial charge in [0.15, 0.2) is 9.84 Å². The molecular formula is C15H12BrN3O3S2. The van der Waals surface area contributed by atoms with Crippen molar-refractivity contribution in [2.24, 2.45) is 0 Å². The molecule has 124 valence electrons. The third-order valence-corrected chi connectivity index (χ3v) is 5.86. The molecule has 0 aliphatic rings. The molecule has 1 amide bonds. The van der Waals surface area contributed by atoms with E-state index >= 15 is 0 Å². The lowest BCUT2D eigenvalue weighted by Crippen LogP contribution is -2.29. The van der Waals surface area contributed by atoms with Crippen molar-refractivity contribution < 1.29 is 13.2 Å². The van der Waals surface area contributed by atoms with E-state index in [1.165, 1.54) is 29.5 Å². The van der Waals surface area contributed by atoms with E-state index in [1.807, 2.05) is 18.2 Å². The first-order chi connectivity index (χ1) is 11.3. The maximum atomic E-state index is 12.2. The van der Waals surface area contributed by atoms with Crippen LogP contribution in [0.4, 0.5) is 5.13 Å². The van der Waals surface area contributed by atoms with Gasteiger partial charge < -0.3 is 0 Å². The molecule has 0 bridgehead atoms. The molecule has 2 N–H and O–H groups in total. The predicted molar refractivity (Wildman–Crippen MR) is 98.0 cm³/mol. The first-order valence-corrected chi connectivity index (χ1v) is 10.3. The number of benzene rings is 2. The quantitative estimate of drug-likeness (QED) is 0.626. The Morgan fingerprint density at radius 1 is 1.21 bits per heavy atom. The van der Waals surface area contributed by atoms with Crippen molar-refractivity contribution in [2.45, 2.75) is 4.90 Å². The summed E-state index contributed by atoms with van der Waals surface area (Å²) in [4.78, 5) is 16.7. The Morgan fingerprint density at radius 3 is 2.67 bits per heavy atom. The van der Waals surface area contributed by atoms with Gasteiger partial charge in [0, 0.05) is 16.3 Å². The summed E-state index contributed by atoms with van der Waals surface area (Å²) in [6, 6.07) is 11.6. The molecule has 0 saturated heterocycles. The molecule has 0 aliphatic carbocycles. The minimum atomic E-state index is -3.36. The van der Waals surface area contributed by atoms with Gasteiger partial charge in [0.1, 0.15) is 0 Å². The monoisotopic (exact) mass is 425 g/mol. The Morgan fingerprint density at radius 2 is 1.96 bits per heavy atom. The molecule has 0 unspecified atom stereocenters. The minimum Gasteiger partial charge on any atom is -0.273 e. The molecular weight excluding hydrogens is 414 g/mol. The van der Waals surface area contributed by atoms with Crippen LogP contribution in [0, 0.1) is 0 Å². The van der Waals surface area contributed by atoms with E-state index in [4.69, 9.17) is 0 Å². The van der Waals surface area contributed by atoms with Gasteiger partial charge in [0.2, 0.25) is 5.13 Å². The summed E-state index contributed by atoms with van der Waals surface area (Å²) < 4.78 is 25.0. The second-order valence-corrected chi connectivity index (χ2v) is 8.89. The average Bonchev–Trinajstić information content (AvgIpc) is 2.96. The summed E-state index contributed by atoms with van der Waals surface area (Å²) in [5.41, 5.74) is 6.33. The number of thiazole rings is 1. The molecule has 1 heterocycles. The number of amides is 1. The highest BCUT2D eigenvalue weighted by molar-refractivity contribution is 9.10. The van der Waals surface area contributed by atoms with Crippen molar-refractivity contribution in [1.82, 2.24) is 10.4 Å². The number of para-hydroxylation sites is 1. The largest absolute Gasteiger partial charge is 0.273 e. The zero-order valence-electron chi connectivity index (χ0n) is 12.4. The van der Waals surface area contributed by atoms with Gasteiger partial charge in [-0.05, 0) is 46.3 Å². The van der Waals surface area contributed by atoms with Gasteiger partial charge in [-0.15, -0.1) is 0 Å². The Bertz CT molecular complexity index is 1030. The van der Waals surface area contributed by atoms with Crippen LogP contribution in [0.15, 0.2) is 51.8 Å². The number of aromatic nitrogens is 1. The molecule has 0 atom stereocenters. The average molecular weight is 426 g/mol. The summed E-state index contributed by atoms with van der Waals surface area (Å²) in [6.45, 7) is 0. The number of nitrogens with one attached hydrogen (secondary N) is 2. The first-order valence-electron chi connectivity index (χ1n) is 6.76. The lowest BCUT2D eigenvalue weighted by Gasteiger charge is -2.06. The topological polar surface area (TPSA) is 88.2 Å². The summed E-state index contributed by atoms with van der Waals surface area (Å²) in [6.07, 6.45) is 1.10. The highest BCUT2D eigenvalue weighted by atomic mass is 79.9. The second-order valence-electron chi connectivity index (χ2n) is 4.98. The van der Waals surface area contributed by atoms with E-state index in [0.717, 1.165) is 20.9 Å². The Balaban J connectivity index is 1.76. The lowest BCUT2D eigenvalue weighted by molar-refractivity contribution is 0.0962. The third kappa shape index (κ3) is 3.58. The number of carbonyl (C=O) groups is 1. The van der Waals surface area contributed by atoms with Crippen LogP contribution in [0.25, 0.3) is 10.2 Å². The molecule has 0 fully saturated rings. The van der Waals surface area contributed by atoms with Gasteiger partial charge in [-0.3, -0.25) is 15.6 Å². The molecule has 9 heteroatoms. The number of sulfone groups is 1. The SMILES string of the molecule is CS(=O)(=O)c1cccc(C(=O)NNc2nc3c(Br)cccc3s2)c1. The lowest BCUT2D eigenvalue weighted by atomic mass is 10.2. The van der Waals surface area contributed by atoms with Gasteiger partial charge in [0.25, 0.3) is 5.91 Å². The van der Waals surface area contributed by atoms with Crippen LogP contribution in [-0.4, -0.2) is 25.6 Å². The molecule has 0 saturated carbocycles. The number of carbonyl (C=O) groups excluding carboxylic acids is 1. The van der Waals surface area contributed by atoms with E-state index < -0.39 is 15.7 Å². The maximum Gasteiger partial charge on any atom is 0.269 e. The number of anilines is 1. The van der Waals surface area contributed by atoms with Crippen molar-refractivity contribution in [3.05, 3.63) is 52.5 Å². The second kappa shape index (κ2) is 6.50. The van der Waals surface area contributed by atoms with E-state index in [-0.39, 0.29) is 10.5 Å². The zero-order valence-corrected chi connectivity index (χ0v) is 15.6. The molecule has 0 spiro atoms. The number of hydrazine groups is 1. The highest BCUT2D eigenvalue weighted by Gasteiger charge is 2.12. The normalized spacial score (nSPS) is 11.4. The third-order valence-electron chi connectivity index (χ3n) is 3.18. The smallest absolute Gasteiger partial charge is 0.269 e. The van der Waals surface area contributed by atoms with Crippen molar-refractivity contribution in [3.63, 3.8) is 0 Å². The first kappa shape index (κ1) is 16.9. The van der Waals surface area contributed by atoms with Crippen molar-refractivity contribution in [1.29, 1.82) is 0 Å². The van der Waals surface area contributed by atoms with E-state index in [0.29, 0.717) is 5.13 Å². The summed E-state index contributed by atoms with van der Waals surface area (Å²) in [7, 11) is -3.36. The molecule has 3 aromatic rings. The Kier molecular flexibility index (Phi) is 4.57. The van der Waals surface area contributed by atoms with Gasteiger partial charge in [-0.1, -0.05) is 23.5 Å². The number of halogens is 1. The fourth-order valence-corrected chi connectivity index (χ4v) is 4.12. The molecule has 24 heavy (non-hydrogen) atoms. The van der Waals surface area contributed by atoms with E-state index in [1.54, 1.807) is 6.07 Å². The fourth-order valence-electron chi connectivity index (χ4n) is 2.02. The number of nitrogens with zero attached hydrogens (tertiary/aromatic N) is 1. The number of rotatable bonds is 4. The van der Waals surface area contributed by atoms with Crippen LogP contribution in [0.5, 0.6) is 0 Å². The summed E-state index contributed by atoms with van der Waals surface area (Å²) in [5, 5.41) is 0.532. The molecule has 1 aromatic heterocycles. The zero-order chi connectivity index (χ0) is 17.3. The van der Waals surface area contributed by atoms with Crippen molar-refractivity contribution >= 4 is 58.4 Å². The van der Waals surface area contributed by atoms with Crippen molar-refractivity contribution in [2.75, 3.05) is 11.7 Å². The van der Waals surface area contributed by atoms with Crippen LogP contribution < -0.4 is 10.9 Å². The number of hydrogen-bond donors (Lipinski definition) is 2. The minimum absolute atomic E-state index is 0.0964. The van der Waals surface area contributed by atoms with Crippen LogP contribution in [0.2, 0.25) is 0 Å². The Hall–Kier alpha value is -1.97. The van der Waals surface area contributed by atoms with Crippen LogP contribution >= 0.6 is 27.3 Å².